The van der Waals surface area contributed by atoms with Crippen molar-refractivity contribution in [1.29, 1.82) is 0 Å². The van der Waals surface area contributed by atoms with Crippen molar-refractivity contribution < 1.29 is 28.6 Å². The predicted molar refractivity (Wildman–Crippen MR) is 348 cm³/mol. The van der Waals surface area contributed by atoms with Crippen LogP contribution in [0.3, 0.4) is 0 Å². The van der Waals surface area contributed by atoms with Gasteiger partial charge in [0, 0.05) is 19.3 Å². The lowest BCUT2D eigenvalue weighted by atomic mass is 10.0. The maximum atomic E-state index is 12.9. The summed E-state index contributed by atoms with van der Waals surface area (Å²) in [6, 6.07) is 0. The zero-order chi connectivity index (χ0) is 57.8. The number of carbonyl (C=O) groups excluding carboxylic acids is 3. The van der Waals surface area contributed by atoms with Crippen LogP contribution in [0.5, 0.6) is 0 Å². The van der Waals surface area contributed by atoms with Crippen molar-refractivity contribution in [3.8, 4) is 0 Å². The Morgan fingerprint density at radius 3 is 0.775 bits per heavy atom. The SMILES string of the molecule is CC/C=C\C/C=C\C/C=C\CCCCCCCC(=O)OC(COC(=O)CCCCC/C=C\C/C=C\C/C=C\CC)COC(=O)CCCCCCCCCCCCCCCCCCCCCCCCCCCCCCCCCCCC. The Morgan fingerprint density at radius 1 is 0.263 bits per heavy atom. The Bertz CT molecular complexity index is 1470. The van der Waals surface area contributed by atoms with Gasteiger partial charge in [0.1, 0.15) is 13.2 Å². The van der Waals surface area contributed by atoms with Crippen LogP contribution in [0.25, 0.3) is 0 Å². The van der Waals surface area contributed by atoms with Gasteiger partial charge >= 0.3 is 17.9 Å². The molecule has 0 aliphatic heterocycles. The van der Waals surface area contributed by atoms with E-state index in [0.717, 1.165) is 122 Å². The van der Waals surface area contributed by atoms with E-state index in [1.807, 2.05) is 0 Å². The summed E-state index contributed by atoms with van der Waals surface area (Å²) >= 11 is 0. The van der Waals surface area contributed by atoms with Crippen LogP contribution < -0.4 is 0 Å². The number of esters is 3. The van der Waals surface area contributed by atoms with Crippen LogP contribution in [0.2, 0.25) is 0 Å². The minimum absolute atomic E-state index is 0.0896. The third-order valence-electron chi connectivity index (χ3n) is 15.5. The average Bonchev–Trinajstić information content (AvgIpc) is 3.46. The van der Waals surface area contributed by atoms with E-state index in [4.69, 9.17) is 14.2 Å². The first-order chi connectivity index (χ1) is 39.5. The molecule has 0 rings (SSSR count). The van der Waals surface area contributed by atoms with Crippen LogP contribution in [-0.2, 0) is 28.6 Å². The molecule has 6 heteroatoms. The van der Waals surface area contributed by atoms with Crippen LogP contribution in [0, 0.1) is 0 Å². The second-order valence-corrected chi connectivity index (χ2v) is 23.4. The summed E-state index contributed by atoms with van der Waals surface area (Å²) in [6.07, 6.45) is 89.7. The minimum Gasteiger partial charge on any atom is -0.462 e. The molecule has 0 fully saturated rings. The lowest BCUT2D eigenvalue weighted by molar-refractivity contribution is -0.167. The largest absolute Gasteiger partial charge is 0.462 e. The van der Waals surface area contributed by atoms with Gasteiger partial charge < -0.3 is 14.2 Å². The van der Waals surface area contributed by atoms with Gasteiger partial charge in [0.15, 0.2) is 6.10 Å². The van der Waals surface area contributed by atoms with E-state index in [-0.39, 0.29) is 31.1 Å². The monoisotopic (exact) mass is 1120 g/mol. The Hall–Kier alpha value is -3.15. The molecule has 1 unspecified atom stereocenters. The highest BCUT2D eigenvalue weighted by atomic mass is 16.6. The molecule has 6 nitrogen and oxygen atoms in total. The fourth-order valence-corrected chi connectivity index (χ4v) is 10.3. The van der Waals surface area contributed by atoms with Crippen molar-refractivity contribution in [2.24, 2.45) is 0 Å². The van der Waals surface area contributed by atoms with Gasteiger partial charge in [-0.05, 0) is 83.5 Å². The molecule has 464 valence electrons. The van der Waals surface area contributed by atoms with Crippen LogP contribution >= 0.6 is 0 Å². The number of allylic oxidation sites excluding steroid dienone is 12. The molecule has 0 aromatic carbocycles. The molecule has 0 heterocycles. The molecule has 0 bridgehead atoms. The summed E-state index contributed by atoms with van der Waals surface area (Å²) < 4.78 is 16.9. The van der Waals surface area contributed by atoms with E-state index in [1.54, 1.807) is 0 Å². The maximum Gasteiger partial charge on any atom is 0.306 e. The summed E-state index contributed by atoms with van der Waals surface area (Å²) in [5.74, 6) is -0.923. The third kappa shape index (κ3) is 65.7. The normalized spacial score (nSPS) is 12.5. The lowest BCUT2D eigenvalue weighted by Gasteiger charge is -2.18. The third-order valence-corrected chi connectivity index (χ3v) is 15.5. The zero-order valence-corrected chi connectivity index (χ0v) is 53.3. The fraction of sp³-hybridized carbons (Fsp3) is 0.797. The van der Waals surface area contributed by atoms with Crippen LogP contribution in [0.15, 0.2) is 72.9 Å². The number of rotatable bonds is 64. The second-order valence-electron chi connectivity index (χ2n) is 23.4. The molecule has 0 saturated carbocycles. The van der Waals surface area contributed by atoms with Gasteiger partial charge in [0.2, 0.25) is 0 Å². The molecule has 0 N–H and O–H groups in total. The van der Waals surface area contributed by atoms with Crippen molar-refractivity contribution in [2.75, 3.05) is 13.2 Å². The topological polar surface area (TPSA) is 78.9 Å². The molecule has 0 radical (unpaired) electrons. The molecule has 0 saturated heterocycles. The van der Waals surface area contributed by atoms with Gasteiger partial charge in [-0.2, -0.15) is 0 Å². The quantitative estimate of drug-likeness (QED) is 0.0261. The Kier molecular flexibility index (Phi) is 65.7. The fourth-order valence-electron chi connectivity index (χ4n) is 10.3. The molecular formula is C74H132O6. The average molecular weight is 1120 g/mol. The Labute approximate surface area is 497 Å². The summed E-state index contributed by atoms with van der Waals surface area (Å²) in [7, 11) is 0. The highest BCUT2D eigenvalue weighted by Gasteiger charge is 2.19. The molecule has 0 aromatic heterocycles. The van der Waals surface area contributed by atoms with Gasteiger partial charge in [-0.3, -0.25) is 14.4 Å². The Balaban J connectivity index is 4.09. The molecular weight excluding hydrogens is 985 g/mol. The predicted octanol–water partition coefficient (Wildman–Crippen LogP) is 24.1. The first kappa shape index (κ1) is 76.9. The number of hydrogen-bond donors (Lipinski definition) is 0. The smallest absolute Gasteiger partial charge is 0.306 e. The molecule has 80 heavy (non-hydrogen) atoms. The van der Waals surface area contributed by atoms with Crippen LogP contribution in [-0.4, -0.2) is 37.2 Å². The molecule has 0 aliphatic rings. The van der Waals surface area contributed by atoms with E-state index in [0.29, 0.717) is 19.3 Å². The lowest BCUT2D eigenvalue weighted by Crippen LogP contribution is -2.30. The van der Waals surface area contributed by atoms with Gasteiger partial charge in [-0.1, -0.05) is 331 Å². The van der Waals surface area contributed by atoms with Gasteiger partial charge in [0.05, 0.1) is 0 Å². The van der Waals surface area contributed by atoms with Crippen molar-refractivity contribution in [3.05, 3.63) is 72.9 Å². The Morgan fingerprint density at radius 2 is 0.487 bits per heavy atom. The van der Waals surface area contributed by atoms with Crippen molar-refractivity contribution >= 4 is 17.9 Å². The highest BCUT2D eigenvalue weighted by molar-refractivity contribution is 5.71. The first-order valence-corrected chi connectivity index (χ1v) is 34.9. The van der Waals surface area contributed by atoms with Gasteiger partial charge in [-0.15, -0.1) is 0 Å². The highest BCUT2D eigenvalue weighted by Crippen LogP contribution is 2.18. The second kappa shape index (κ2) is 68.3. The van der Waals surface area contributed by atoms with E-state index >= 15 is 0 Å². The van der Waals surface area contributed by atoms with Crippen molar-refractivity contribution in [3.63, 3.8) is 0 Å². The van der Waals surface area contributed by atoms with Crippen LogP contribution in [0.1, 0.15) is 361 Å². The van der Waals surface area contributed by atoms with E-state index in [2.05, 4.69) is 93.7 Å². The van der Waals surface area contributed by atoms with Crippen molar-refractivity contribution in [1.82, 2.24) is 0 Å². The van der Waals surface area contributed by atoms with Crippen molar-refractivity contribution in [2.45, 2.75) is 367 Å². The molecule has 0 aromatic rings. The minimum atomic E-state index is -0.797. The van der Waals surface area contributed by atoms with E-state index in [9.17, 15) is 14.4 Å². The summed E-state index contributed by atoms with van der Waals surface area (Å²) in [4.78, 5) is 38.3. The molecule has 0 spiro atoms. The molecule has 1 atom stereocenters. The van der Waals surface area contributed by atoms with Gasteiger partial charge in [-0.25, -0.2) is 0 Å². The number of hydrogen-bond acceptors (Lipinski definition) is 6. The number of unbranched alkanes of at least 4 members (excludes halogenated alkanes) is 41. The summed E-state index contributed by atoms with van der Waals surface area (Å²) in [6.45, 7) is 6.42. The van der Waals surface area contributed by atoms with E-state index in [1.165, 1.54) is 199 Å². The summed E-state index contributed by atoms with van der Waals surface area (Å²) in [5.41, 5.74) is 0. The first-order valence-electron chi connectivity index (χ1n) is 34.9. The zero-order valence-electron chi connectivity index (χ0n) is 53.3. The number of carbonyl (C=O) groups is 3. The van der Waals surface area contributed by atoms with E-state index < -0.39 is 6.10 Å². The van der Waals surface area contributed by atoms with Gasteiger partial charge in [0.25, 0.3) is 0 Å². The summed E-state index contributed by atoms with van der Waals surface area (Å²) in [5, 5.41) is 0. The molecule has 0 amide bonds. The maximum absolute atomic E-state index is 12.9. The van der Waals surface area contributed by atoms with Crippen LogP contribution in [0.4, 0.5) is 0 Å². The standard InChI is InChI=1S/C74H132O6/c1-4-7-10-13-16-19-22-25-27-28-29-30-31-32-33-34-35-36-37-38-39-40-41-42-43-44-45-47-49-52-55-58-61-64-67-73(76)79-70-71(69-78-72(75)66-63-60-57-54-51-48-24-21-18-15-12-9-6-3)80-74(77)68-65-62-59-56-53-50-46-26-23-20-17-14-11-8-5-2/h8-9,11-12,17-18,20-21,26,46,48,51,71H,4-7,10,13-16,19,22-25,27-45,47,49-50,52-70H2,1-3H3/b11-8-,12-9-,20-17-,21-18-,46-26-,51-48-. The molecule has 0 aliphatic carbocycles. The number of ether oxygens (including phenoxy) is 3.